The van der Waals surface area contributed by atoms with Crippen molar-refractivity contribution in [2.24, 2.45) is 0 Å². The van der Waals surface area contributed by atoms with Gasteiger partial charge in [0.2, 0.25) is 6.33 Å². The summed E-state index contributed by atoms with van der Waals surface area (Å²) in [5.41, 5.74) is 0.836. The lowest BCUT2D eigenvalue weighted by molar-refractivity contribution is -0.394. The molecule has 0 bridgehead atoms. The molecule has 1 heterocycles. The Balaban J connectivity index is 2.31. The average Bonchev–Trinajstić information content (AvgIpc) is 2.89. The highest BCUT2D eigenvalue weighted by Crippen LogP contribution is 2.37. The molecule has 0 aliphatic rings. The topological polar surface area (TPSA) is 92.3 Å². The van der Waals surface area contributed by atoms with Gasteiger partial charge in [0, 0.05) is 5.10 Å². The van der Waals surface area contributed by atoms with E-state index in [0.29, 0.717) is 22.5 Å². The van der Waals surface area contributed by atoms with Gasteiger partial charge in [0.05, 0.1) is 25.2 Å². The zero-order valence-corrected chi connectivity index (χ0v) is 12.3. The Kier molecular flexibility index (Phi) is 4.18. The van der Waals surface area contributed by atoms with Crippen LogP contribution in [-0.4, -0.2) is 33.9 Å². The number of nitro groups is 1. The Hall–Kier alpha value is -2.16. The molecule has 0 fully saturated rings. The van der Waals surface area contributed by atoms with Crippen LogP contribution in [0.3, 0.4) is 0 Å². The monoisotopic (exact) mass is 342 g/mol. The normalized spacial score (nSPS) is 10.3. The van der Waals surface area contributed by atoms with Crippen molar-refractivity contribution in [2.45, 2.75) is 6.54 Å². The van der Waals surface area contributed by atoms with Crippen LogP contribution in [0.5, 0.6) is 11.5 Å². The summed E-state index contributed by atoms with van der Waals surface area (Å²) in [5.74, 6) is 0.717. The third-order valence-corrected chi connectivity index (χ3v) is 3.45. The summed E-state index contributed by atoms with van der Waals surface area (Å²) in [4.78, 5) is 13.5. The quantitative estimate of drug-likeness (QED) is 0.609. The number of hydrogen-bond donors (Lipinski definition) is 0. The first-order valence-corrected chi connectivity index (χ1v) is 6.29. The molecule has 106 valence electrons. The van der Waals surface area contributed by atoms with Gasteiger partial charge in [-0.1, -0.05) is 11.1 Å². The van der Waals surface area contributed by atoms with Crippen molar-refractivity contribution >= 4 is 21.9 Å². The molecular formula is C11H11BrN4O4. The SMILES string of the molecule is COc1ccc(Cn2cnc([N+](=O)[O-])n2)c(Br)c1OC. The Morgan fingerprint density at radius 3 is 2.70 bits per heavy atom. The number of ether oxygens (including phenoxy) is 2. The van der Waals surface area contributed by atoms with Gasteiger partial charge >= 0.3 is 5.95 Å². The molecule has 0 amide bonds. The van der Waals surface area contributed by atoms with Crippen LogP contribution in [0.1, 0.15) is 5.56 Å². The van der Waals surface area contributed by atoms with Crippen molar-refractivity contribution in [3.05, 3.63) is 38.6 Å². The van der Waals surface area contributed by atoms with Gasteiger partial charge in [0.1, 0.15) is 0 Å². The summed E-state index contributed by atoms with van der Waals surface area (Å²) >= 11 is 3.43. The molecule has 0 saturated heterocycles. The largest absolute Gasteiger partial charge is 0.493 e. The number of rotatable bonds is 5. The minimum Gasteiger partial charge on any atom is -0.493 e. The Morgan fingerprint density at radius 2 is 2.15 bits per heavy atom. The van der Waals surface area contributed by atoms with E-state index in [9.17, 15) is 10.1 Å². The van der Waals surface area contributed by atoms with Crippen molar-refractivity contribution in [1.82, 2.24) is 14.8 Å². The maximum absolute atomic E-state index is 10.5. The Labute approximate surface area is 122 Å². The van der Waals surface area contributed by atoms with Gasteiger partial charge in [-0.2, -0.15) is 4.68 Å². The summed E-state index contributed by atoms with van der Waals surface area (Å²) in [6.07, 6.45) is 1.31. The number of halogens is 1. The minimum atomic E-state index is -0.639. The van der Waals surface area contributed by atoms with Crippen LogP contribution in [0, 0.1) is 10.1 Å². The first-order chi connectivity index (χ1) is 9.56. The molecule has 1 aromatic heterocycles. The summed E-state index contributed by atoms with van der Waals surface area (Å²) in [6.45, 7) is 0.321. The van der Waals surface area contributed by atoms with E-state index in [1.165, 1.54) is 18.1 Å². The first kappa shape index (κ1) is 14.3. The number of hydrogen-bond acceptors (Lipinski definition) is 6. The zero-order chi connectivity index (χ0) is 14.7. The molecule has 9 heteroatoms. The highest BCUT2D eigenvalue weighted by Gasteiger charge is 2.17. The molecule has 0 saturated carbocycles. The maximum Gasteiger partial charge on any atom is 0.490 e. The highest BCUT2D eigenvalue weighted by atomic mass is 79.9. The second kappa shape index (κ2) is 5.87. The molecule has 0 aliphatic carbocycles. The number of nitrogens with zero attached hydrogens (tertiary/aromatic N) is 4. The average molecular weight is 343 g/mol. The molecule has 20 heavy (non-hydrogen) atoms. The molecule has 0 radical (unpaired) electrons. The lowest BCUT2D eigenvalue weighted by atomic mass is 10.2. The molecule has 0 spiro atoms. The van der Waals surface area contributed by atoms with Gasteiger partial charge in [0.25, 0.3) is 0 Å². The van der Waals surface area contributed by atoms with E-state index < -0.39 is 10.9 Å². The highest BCUT2D eigenvalue weighted by molar-refractivity contribution is 9.10. The van der Waals surface area contributed by atoms with Crippen LogP contribution in [-0.2, 0) is 6.54 Å². The second-order valence-corrected chi connectivity index (χ2v) is 4.57. The van der Waals surface area contributed by atoms with Crippen LogP contribution in [0.4, 0.5) is 5.95 Å². The van der Waals surface area contributed by atoms with Crippen LogP contribution in [0.2, 0.25) is 0 Å². The smallest absolute Gasteiger partial charge is 0.490 e. The summed E-state index contributed by atoms with van der Waals surface area (Å²) in [6, 6.07) is 3.57. The summed E-state index contributed by atoms with van der Waals surface area (Å²) in [7, 11) is 3.08. The van der Waals surface area contributed by atoms with Crippen molar-refractivity contribution in [3.63, 3.8) is 0 Å². The fraction of sp³-hybridized carbons (Fsp3) is 0.273. The van der Waals surface area contributed by atoms with E-state index in [-0.39, 0.29) is 0 Å². The Morgan fingerprint density at radius 1 is 1.40 bits per heavy atom. The van der Waals surface area contributed by atoms with Crippen LogP contribution < -0.4 is 9.47 Å². The van der Waals surface area contributed by atoms with E-state index in [0.717, 1.165) is 5.56 Å². The van der Waals surface area contributed by atoms with Crippen molar-refractivity contribution in [3.8, 4) is 11.5 Å². The van der Waals surface area contributed by atoms with Gasteiger partial charge < -0.3 is 19.6 Å². The molecular weight excluding hydrogens is 332 g/mol. The molecule has 1 aromatic carbocycles. The zero-order valence-electron chi connectivity index (χ0n) is 10.7. The minimum absolute atomic E-state index is 0.321. The first-order valence-electron chi connectivity index (χ1n) is 5.50. The molecule has 0 aliphatic heterocycles. The lowest BCUT2D eigenvalue weighted by Crippen LogP contribution is -2.03. The van der Waals surface area contributed by atoms with Crippen LogP contribution in [0.15, 0.2) is 22.9 Å². The Bertz CT molecular complexity index is 643. The molecule has 2 rings (SSSR count). The fourth-order valence-electron chi connectivity index (χ4n) is 1.67. The van der Waals surface area contributed by atoms with Gasteiger partial charge in [0.15, 0.2) is 11.5 Å². The van der Waals surface area contributed by atoms with E-state index >= 15 is 0 Å². The predicted molar refractivity (Wildman–Crippen MR) is 73.0 cm³/mol. The predicted octanol–water partition coefficient (Wildman–Crippen LogP) is 2.01. The standard InChI is InChI=1S/C11H11BrN4O4/c1-19-8-4-3-7(9(12)10(8)20-2)5-15-6-13-11(14-15)16(17)18/h3-4,6H,5H2,1-2H3. The van der Waals surface area contributed by atoms with Crippen molar-refractivity contribution < 1.29 is 14.4 Å². The van der Waals surface area contributed by atoms with Gasteiger partial charge in [-0.05, 0) is 32.5 Å². The molecule has 2 aromatic rings. The number of benzene rings is 1. The maximum atomic E-state index is 10.5. The van der Waals surface area contributed by atoms with Gasteiger partial charge in [-0.15, -0.1) is 0 Å². The van der Waals surface area contributed by atoms with E-state index in [1.807, 2.05) is 6.07 Å². The van der Waals surface area contributed by atoms with E-state index in [1.54, 1.807) is 13.2 Å². The fourth-order valence-corrected chi connectivity index (χ4v) is 2.29. The molecule has 0 N–H and O–H groups in total. The number of methoxy groups -OCH3 is 2. The van der Waals surface area contributed by atoms with E-state index in [2.05, 4.69) is 26.0 Å². The lowest BCUT2D eigenvalue weighted by Gasteiger charge is -2.12. The third kappa shape index (κ3) is 2.72. The summed E-state index contributed by atoms with van der Waals surface area (Å²) < 4.78 is 12.5. The third-order valence-electron chi connectivity index (χ3n) is 2.59. The molecule has 8 nitrogen and oxygen atoms in total. The molecule has 0 atom stereocenters. The summed E-state index contributed by atoms with van der Waals surface area (Å²) in [5, 5.41) is 14.3. The van der Waals surface area contributed by atoms with Gasteiger partial charge in [-0.3, -0.25) is 0 Å². The van der Waals surface area contributed by atoms with Crippen molar-refractivity contribution in [2.75, 3.05) is 14.2 Å². The van der Waals surface area contributed by atoms with Crippen LogP contribution in [0.25, 0.3) is 0 Å². The second-order valence-electron chi connectivity index (χ2n) is 3.77. The van der Waals surface area contributed by atoms with Gasteiger partial charge in [-0.25, -0.2) is 0 Å². The van der Waals surface area contributed by atoms with Crippen molar-refractivity contribution in [1.29, 1.82) is 0 Å². The van der Waals surface area contributed by atoms with E-state index in [4.69, 9.17) is 9.47 Å². The number of aromatic nitrogens is 3. The molecule has 0 unspecified atom stereocenters. The van der Waals surface area contributed by atoms with Crippen LogP contribution >= 0.6 is 15.9 Å².